The van der Waals surface area contributed by atoms with Crippen LogP contribution in [0.3, 0.4) is 0 Å². The van der Waals surface area contributed by atoms with Crippen LogP contribution >= 0.6 is 0 Å². The minimum atomic E-state index is -0.181. The highest BCUT2D eigenvalue weighted by Gasteiger charge is 2.51. The zero-order valence-corrected chi connectivity index (χ0v) is 8.68. The average molecular weight is 193 g/mol. The standard InChI is InChI=1S/C12H16FN/c1-11(2,12(14)6-7-12)9-4-3-5-10(13)8-9/h3-5,8H,6-7,14H2,1-2H3. The monoisotopic (exact) mass is 193 g/mol. The summed E-state index contributed by atoms with van der Waals surface area (Å²) in [7, 11) is 0. The molecular weight excluding hydrogens is 177 g/mol. The minimum absolute atomic E-state index is 0.124. The van der Waals surface area contributed by atoms with Gasteiger partial charge in [0.15, 0.2) is 0 Å². The molecule has 1 aromatic rings. The van der Waals surface area contributed by atoms with Crippen LogP contribution in [0.25, 0.3) is 0 Å². The predicted octanol–water partition coefficient (Wildman–Crippen LogP) is 2.59. The molecule has 1 aliphatic carbocycles. The molecule has 1 aromatic carbocycles. The van der Waals surface area contributed by atoms with Crippen LogP contribution in [0.4, 0.5) is 4.39 Å². The summed E-state index contributed by atoms with van der Waals surface area (Å²) in [4.78, 5) is 0. The van der Waals surface area contributed by atoms with Gasteiger partial charge in [-0.15, -0.1) is 0 Å². The van der Waals surface area contributed by atoms with Gasteiger partial charge in [0, 0.05) is 11.0 Å². The van der Waals surface area contributed by atoms with Crippen LogP contribution in [0.5, 0.6) is 0 Å². The van der Waals surface area contributed by atoms with Crippen LogP contribution in [-0.2, 0) is 5.41 Å². The molecule has 14 heavy (non-hydrogen) atoms. The summed E-state index contributed by atoms with van der Waals surface area (Å²) >= 11 is 0. The average Bonchev–Trinajstić information content (AvgIpc) is 2.85. The molecule has 76 valence electrons. The van der Waals surface area contributed by atoms with Gasteiger partial charge in [0.25, 0.3) is 0 Å². The first-order chi connectivity index (χ1) is 6.46. The fourth-order valence-corrected chi connectivity index (χ4v) is 1.92. The van der Waals surface area contributed by atoms with Crippen molar-refractivity contribution < 1.29 is 4.39 Å². The Balaban J connectivity index is 2.38. The molecule has 0 bridgehead atoms. The van der Waals surface area contributed by atoms with Crippen LogP contribution in [0.2, 0.25) is 0 Å². The van der Waals surface area contributed by atoms with Gasteiger partial charge in [-0.05, 0) is 30.5 Å². The Morgan fingerprint density at radius 3 is 2.50 bits per heavy atom. The Morgan fingerprint density at radius 1 is 1.36 bits per heavy atom. The molecule has 1 fully saturated rings. The summed E-state index contributed by atoms with van der Waals surface area (Å²) in [5, 5.41) is 0. The molecule has 2 heteroatoms. The molecule has 0 heterocycles. The molecule has 0 saturated heterocycles. The van der Waals surface area contributed by atoms with Crippen molar-refractivity contribution >= 4 is 0 Å². The van der Waals surface area contributed by atoms with Gasteiger partial charge in [-0.1, -0.05) is 26.0 Å². The lowest BCUT2D eigenvalue weighted by atomic mass is 9.76. The molecule has 1 saturated carbocycles. The summed E-state index contributed by atoms with van der Waals surface area (Å²) in [6.07, 6.45) is 2.08. The van der Waals surface area contributed by atoms with Gasteiger partial charge in [-0.3, -0.25) is 0 Å². The molecule has 0 radical (unpaired) electrons. The predicted molar refractivity (Wildman–Crippen MR) is 55.6 cm³/mol. The normalized spacial score (nSPS) is 19.4. The smallest absolute Gasteiger partial charge is 0.123 e. The lowest BCUT2D eigenvalue weighted by Crippen LogP contribution is -2.43. The Bertz CT molecular complexity index is 353. The molecule has 1 aliphatic rings. The first kappa shape index (κ1) is 9.66. The highest BCUT2D eigenvalue weighted by molar-refractivity contribution is 5.32. The van der Waals surface area contributed by atoms with Crippen LogP contribution < -0.4 is 5.73 Å². The van der Waals surface area contributed by atoms with Gasteiger partial charge in [0.1, 0.15) is 5.82 Å². The number of benzene rings is 1. The number of nitrogens with two attached hydrogens (primary N) is 1. The van der Waals surface area contributed by atoms with Gasteiger partial charge in [-0.25, -0.2) is 4.39 Å². The van der Waals surface area contributed by atoms with E-state index in [-0.39, 0.29) is 16.8 Å². The fraction of sp³-hybridized carbons (Fsp3) is 0.500. The fourth-order valence-electron chi connectivity index (χ4n) is 1.92. The molecule has 0 atom stereocenters. The maximum Gasteiger partial charge on any atom is 0.123 e. The van der Waals surface area contributed by atoms with E-state index in [4.69, 9.17) is 5.73 Å². The van der Waals surface area contributed by atoms with Gasteiger partial charge < -0.3 is 5.73 Å². The Labute approximate surface area is 84.1 Å². The third-order valence-electron chi connectivity index (χ3n) is 3.58. The van der Waals surface area contributed by atoms with E-state index in [1.54, 1.807) is 12.1 Å². The van der Waals surface area contributed by atoms with Gasteiger partial charge in [-0.2, -0.15) is 0 Å². The van der Waals surface area contributed by atoms with E-state index in [9.17, 15) is 4.39 Å². The lowest BCUT2D eigenvalue weighted by molar-refractivity contribution is 0.389. The summed E-state index contributed by atoms with van der Waals surface area (Å²) in [6.45, 7) is 4.18. The SMILES string of the molecule is CC(C)(c1cccc(F)c1)C1(N)CC1. The topological polar surface area (TPSA) is 26.0 Å². The van der Waals surface area contributed by atoms with Crippen molar-refractivity contribution in [1.29, 1.82) is 0 Å². The molecule has 0 aromatic heterocycles. The maximum atomic E-state index is 13.1. The number of hydrogen-bond acceptors (Lipinski definition) is 1. The molecule has 1 nitrogen and oxygen atoms in total. The van der Waals surface area contributed by atoms with Gasteiger partial charge in [0.05, 0.1) is 0 Å². The van der Waals surface area contributed by atoms with Crippen molar-refractivity contribution in [3.05, 3.63) is 35.6 Å². The Morgan fingerprint density at radius 2 is 2.00 bits per heavy atom. The van der Waals surface area contributed by atoms with Crippen molar-refractivity contribution in [2.24, 2.45) is 5.73 Å². The van der Waals surface area contributed by atoms with Crippen LogP contribution in [0.15, 0.2) is 24.3 Å². The molecule has 2 N–H and O–H groups in total. The molecule has 0 unspecified atom stereocenters. The zero-order chi connectivity index (χ0) is 10.4. The third-order valence-corrected chi connectivity index (χ3v) is 3.58. The van der Waals surface area contributed by atoms with Crippen LogP contribution in [0.1, 0.15) is 32.3 Å². The second kappa shape index (κ2) is 2.80. The van der Waals surface area contributed by atoms with E-state index in [0.29, 0.717) is 0 Å². The number of rotatable bonds is 2. The van der Waals surface area contributed by atoms with Gasteiger partial charge in [0.2, 0.25) is 0 Å². The third kappa shape index (κ3) is 1.34. The summed E-state index contributed by atoms with van der Waals surface area (Å²) in [6, 6.07) is 6.76. The van der Waals surface area contributed by atoms with Crippen LogP contribution in [0, 0.1) is 5.82 Å². The number of halogens is 1. The summed E-state index contributed by atoms with van der Waals surface area (Å²) in [5.41, 5.74) is 6.93. The molecular formula is C12H16FN. The second-order valence-electron chi connectivity index (χ2n) is 4.79. The van der Waals surface area contributed by atoms with Crippen molar-refractivity contribution in [3.63, 3.8) is 0 Å². The zero-order valence-electron chi connectivity index (χ0n) is 8.68. The maximum absolute atomic E-state index is 13.1. The largest absolute Gasteiger partial charge is 0.324 e. The molecule has 0 amide bonds. The van der Waals surface area contributed by atoms with E-state index in [1.807, 2.05) is 6.07 Å². The van der Waals surface area contributed by atoms with Gasteiger partial charge >= 0.3 is 0 Å². The summed E-state index contributed by atoms with van der Waals surface area (Å²) in [5.74, 6) is -0.181. The first-order valence-corrected chi connectivity index (χ1v) is 5.01. The van der Waals surface area contributed by atoms with Crippen molar-refractivity contribution in [1.82, 2.24) is 0 Å². The number of hydrogen-bond donors (Lipinski definition) is 1. The lowest BCUT2D eigenvalue weighted by Gasteiger charge is -2.32. The van der Waals surface area contributed by atoms with E-state index in [0.717, 1.165) is 18.4 Å². The quantitative estimate of drug-likeness (QED) is 0.767. The Hall–Kier alpha value is -0.890. The molecule has 0 spiro atoms. The highest BCUT2D eigenvalue weighted by Crippen LogP contribution is 2.49. The van der Waals surface area contributed by atoms with E-state index in [1.165, 1.54) is 6.07 Å². The Kier molecular flexibility index (Phi) is 1.93. The van der Waals surface area contributed by atoms with E-state index in [2.05, 4.69) is 13.8 Å². The van der Waals surface area contributed by atoms with E-state index < -0.39 is 0 Å². The summed E-state index contributed by atoms with van der Waals surface area (Å²) < 4.78 is 13.1. The highest BCUT2D eigenvalue weighted by atomic mass is 19.1. The first-order valence-electron chi connectivity index (χ1n) is 5.01. The van der Waals surface area contributed by atoms with E-state index >= 15 is 0 Å². The minimum Gasteiger partial charge on any atom is -0.324 e. The van der Waals surface area contributed by atoms with Crippen molar-refractivity contribution in [3.8, 4) is 0 Å². The second-order valence-corrected chi connectivity index (χ2v) is 4.79. The molecule has 0 aliphatic heterocycles. The van der Waals surface area contributed by atoms with Crippen molar-refractivity contribution in [2.45, 2.75) is 37.6 Å². The van der Waals surface area contributed by atoms with Crippen LogP contribution in [-0.4, -0.2) is 5.54 Å². The van der Waals surface area contributed by atoms with Crippen molar-refractivity contribution in [2.75, 3.05) is 0 Å². The molecule has 2 rings (SSSR count).